The average Bonchev–Trinajstić information content (AvgIpc) is 2.16. The molecule has 1 rings (SSSR count). The third kappa shape index (κ3) is 4.08. The van der Waals surface area contributed by atoms with Gasteiger partial charge in [0.2, 0.25) is 0 Å². The summed E-state index contributed by atoms with van der Waals surface area (Å²) in [6.45, 7) is 2.43. The van der Waals surface area contributed by atoms with Crippen molar-refractivity contribution in [3.63, 3.8) is 0 Å². The smallest absolute Gasteiger partial charge is 0.0912 e. The maximum absolute atomic E-state index is 12.1. The fourth-order valence-corrected chi connectivity index (χ4v) is 3.04. The van der Waals surface area contributed by atoms with Gasteiger partial charge in [0.05, 0.1) is 13.7 Å². The molecule has 2 nitrogen and oxygen atoms in total. The van der Waals surface area contributed by atoms with Crippen LogP contribution in [0, 0.1) is 0 Å². The molecule has 0 spiro atoms. The zero-order valence-electron chi connectivity index (χ0n) is 8.77. The van der Waals surface area contributed by atoms with Gasteiger partial charge in [0.15, 0.2) is 0 Å². The van der Waals surface area contributed by atoms with E-state index in [1.165, 1.54) is 0 Å². The van der Waals surface area contributed by atoms with Crippen molar-refractivity contribution in [1.82, 2.24) is 0 Å². The van der Waals surface area contributed by atoms with Crippen LogP contribution in [-0.2, 0) is 15.5 Å². The van der Waals surface area contributed by atoms with Crippen LogP contribution in [0.3, 0.4) is 0 Å². The molecule has 0 aromatic heterocycles. The topological polar surface area (TPSA) is 26.3 Å². The molecular formula is C11H17O2P. The molecule has 14 heavy (non-hydrogen) atoms. The lowest BCUT2D eigenvalue weighted by molar-refractivity contribution is 0.217. The standard InChI is InChI=1S/C11H17O2P/c1-13-8-9-14(2,12)10-11-6-4-3-5-7-11/h3-7H,8-10H2,1-2H3. The van der Waals surface area contributed by atoms with Crippen LogP contribution in [0.15, 0.2) is 30.3 Å². The number of methoxy groups -OCH3 is 1. The van der Waals surface area contributed by atoms with Gasteiger partial charge in [-0.15, -0.1) is 0 Å². The normalized spacial score (nSPS) is 15.0. The predicted octanol–water partition coefficient (Wildman–Crippen LogP) is 2.83. The molecule has 1 atom stereocenters. The van der Waals surface area contributed by atoms with E-state index in [0.717, 1.165) is 5.56 Å². The number of rotatable bonds is 5. The molecule has 0 aliphatic rings. The van der Waals surface area contributed by atoms with Crippen LogP contribution in [0.5, 0.6) is 0 Å². The highest BCUT2D eigenvalue weighted by Gasteiger charge is 2.14. The molecule has 0 saturated heterocycles. The van der Waals surface area contributed by atoms with E-state index < -0.39 is 7.14 Å². The largest absolute Gasteiger partial charge is 0.384 e. The van der Waals surface area contributed by atoms with Crippen molar-refractivity contribution < 1.29 is 9.30 Å². The highest BCUT2D eigenvalue weighted by atomic mass is 31.2. The van der Waals surface area contributed by atoms with Crippen molar-refractivity contribution >= 4 is 7.14 Å². The summed E-state index contributed by atoms with van der Waals surface area (Å²) >= 11 is 0. The van der Waals surface area contributed by atoms with Gasteiger partial charge in [0, 0.05) is 19.4 Å². The Morgan fingerprint density at radius 2 is 1.93 bits per heavy atom. The quantitative estimate of drug-likeness (QED) is 0.701. The van der Waals surface area contributed by atoms with E-state index >= 15 is 0 Å². The minimum Gasteiger partial charge on any atom is -0.384 e. The fraction of sp³-hybridized carbons (Fsp3) is 0.455. The van der Waals surface area contributed by atoms with E-state index in [2.05, 4.69) is 0 Å². The Labute approximate surface area is 85.7 Å². The highest BCUT2D eigenvalue weighted by molar-refractivity contribution is 7.62. The van der Waals surface area contributed by atoms with Crippen LogP contribution >= 0.6 is 7.14 Å². The van der Waals surface area contributed by atoms with E-state index in [9.17, 15) is 4.57 Å². The number of ether oxygens (including phenoxy) is 1. The zero-order chi connectivity index (χ0) is 10.4. The molecule has 78 valence electrons. The summed E-state index contributed by atoms with van der Waals surface area (Å²) in [5.41, 5.74) is 1.15. The van der Waals surface area contributed by atoms with Gasteiger partial charge < -0.3 is 9.30 Å². The summed E-state index contributed by atoms with van der Waals surface area (Å²) in [4.78, 5) is 0. The Bertz CT molecular complexity index is 308. The maximum atomic E-state index is 12.1. The van der Waals surface area contributed by atoms with Gasteiger partial charge in [0.1, 0.15) is 0 Å². The van der Waals surface area contributed by atoms with Crippen LogP contribution in [0.25, 0.3) is 0 Å². The van der Waals surface area contributed by atoms with Gasteiger partial charge in [-0.2, -0.15) is 0 Å². The van der Waals surface area contributed by atoms with E-state index in [0.29, 0.717) is 18.9 Å². The van der Waals surface area contributed by atoms with Crippen molar-refractivity contribution in [3.05, 3.63) is 35.9 Å². The lowest BCUT2D eigenvalue weighted by atomic mass is 10.2. The van der Waals surface area contributed by atoms with Crippen LogP contribution < -0.4 is 0 Å². The van der Waals surface area contributed by atoms with Crippen LogP contribution in [0.1, 0.15) is 5.56 Å². The van der Waals surface area contributed by atoms with Crippen molar-refractivity contribution in [2.24, 2.45) is 0 Å². The SMILES string of the molecule is COCCP(C)(=O)Cc1ccccc1. The van der Waals surface area contributed by atoms with Crippen molar-refractivity contribution in [2.75, 3.05) is 26.5 Å². The Kier molecular flexibility index (Phi) is 4.37. The van der Waals surface area contributed by atoms with Crippen LogP contribution in [0.2, 0.25) is 0 Å². The molecule has 3 heteroatoms. The summed E-state index contributed by atoms with van der Waals surface area (Å²) in [6.07, 6.45) is 1.34. The van der Waals surface area contributed by atoms with E-state index in [-0.39, 0.29) is 0 Å². The summed E-state index contributed by atoms with van der Waals surface area (Å²) in [7, 11) is -0.415. The van der Waals surface area contributed by atoms with Crippen LogP contribution in [0.4, 0.5) is 0 Å². The first-order valence-electron chi connectivity index (χ1n) is 4.72. The minimum absolute atomic E-state index is 0.584. The third-order valence-electron chi connectivity index (χ3n) is 2.13. The summed E-state index contributed by atoms with van der Waals surface area (Å²) in [5.74, 6) is 0. The lowest BCUT2D eigenvalue weighted by Gasteiger charge is -2.12. The fourth-order valence-electron chi connectivity index (χ4n) is 1.33. The minimum atomic E-state index is -2.06. The predicted molar refractivity (Wildman–Crippen MR) is 60.4 cm³/mol. The first-order valence-corrected chi connectivity index (χ1v) is 7.25. The second kappa shape index (κ2) is 5.33. The third-order valence-corrected chi connectivity index (χ3v) is 4.29. The monoisotopic (exact) mass is 212 g/mol. The van der Waals surface area contributed by atoms with Crippen LogP contribution in [-0.4, -0.2) is 26.5 Å². The molecule has 0 heterocycles. The average molecular weight is 212 g/mol. The molecule has 0 bridgehead atoms. The highest BCUT2D eigenvalue weighted by Crippen LogP contribution is 2.44. The first-order chi connectivity index (χ1) is 6.64. The second-order valence-electron chi connectivity index (χ2n) is 3.66. The Hall–Kier alpha value is -0.590. The molecule has 0 aliphatic heterocycles. The van der Waals surface area contributed by atoms with Crippen molar-refractivity contribution in [3.8, 4) is 0 Å². The Morgan fingerprint density at radius 1 is 1.29 bits per heavy atom. The lowest BCUT2D eigenvalue weighted by Crippen LogP contribution is -1.99. The van der Waals surface area contributed by atoms with E-state index in [1.54, 1.807) is 7.11 Å². The van der Waals surface area contributed by atoms with Crippen molar-refractivity contribution in [2.45, 2.75) is 6.16 Å². The van der Waals surface area contributed by atoms with Gasteiger partial charge >= 0.3 is 0 Å². The van der Waals surface area contributed by atoms with E-state index in [4.69, 9.17) is 4.74 Å². The van der Waals surface area contributed by atoms with Gasteiger partial charge in [-0.3, -0.25) is 0 Å². The number of hydrogen-bond acceptors (Lipinski definition) is 2. The molecule has 0 amide bonds. The van der Waals surface area contributed by atoms with Crippen molar-refractivity contribution in [1.29, 1.82) is 0 Å². The van der Waals surface area contributed by atoms with Gasteiger partial charge in [-0.1, -0.05) is 30.3 Å². The Morgan fingerprint density at radius 3 is 2.50 bits per heavy atom. The number of hydrogen-bond donors (Lipinski definition) is 0. The molecule has 1 aromatic carbocycles. The van der Waals surface area contributed by atoms with Gasteiger partial charge in [-0.05, 0) is 12.2 Å². The molecule has 0 fully saturated rings. The van der Waals surface area contributed by atoms with E-state index in [1.807, 2.05) is 37.0 Å². The molecule has 0 radical (unpaired) electrons. The maximum Gasteiger partial charge on any atom is 0.0912 e. The molecule has 1 aromatic rings. The Balaban J connectivity index is 2.55. The van der Waals surface area contributed by atoms with Gasteiger partial charge in [-0.25, -0.2) is 0 Å². The zero-order valence-corrected chi connectivity index (χ0v) is 9.67. The summed E-state index contributed by atoms with van der Waals surface area (Å²) < 4.78 is 17.0. The second-order valence-corrected chi connectivity index (χ2v) is 7.01. The summed E-state index contributed by atoms with van der Waals surface area (Å²) in [5, 5.41) is 0. The first kappa shape index (κ1) is 11.5. The molecular weight excluding hydrogens is 195 g/mol. The molecule has 0 saturated carbocycles. The van der Waals surface area contributed by atoms with Gasteiger partial charge in [0.25, 0.3) is 0 Å². The molecule has 0 aliphatic carbocycles. The number of benzene rings is 1. The molecule has 0 N–H and O–H groups in total. The molecule has 1 unspecified atom stereocenters. The summed E-state index contributed by atoms with van der Waals surface area (Å²) in [6, 6.07) is 9.96.